The molecule has 1 aromatic heterocycles. The summed E-state index contributed by atoms with van der Waals surface area (Å²) in [7, 11) is 0. The van der Waals surface area contributed by atoms with Crippen LogP contribution in [-0.4, -0.2) is 28.6 Å². The van der Waals surface area contributed by atoms with E-state index in [1.165, 1.54) is 23.1 Å². The van der Waals surface area contributed by atoms with Gasteiger partial charge in [-0.25, -0.2) is 14.6 Å². The van der Waals surface area contributed by atoms with Crippen LogP contribution in [0.25, 0.3) is 0 Å². The van der Waals surface area contributed by atoms with Crippen molar-refractivity contribution in [1.29, 1.82) is 0 Å². The molecule has 0 aliphatic rings. The van der Waals surface area contributed by atoms with Gasteiger partial charge in [0.15, 0.2) is 0 Å². The number of nitrogens with zero attached hydrogens (tertiary/aromatic N) is 1. The first-order valence-electron chi connectivity index (χ1n) is 6.18. The molecule has 1 aromatic carbocycles. The van der Waals surface area contributed by atoms with E-state index >= 15 is 0 Å². The third kappa shape index (κ3) is 4.05. The molecule has 0 spiro atoms. The van der Waals surface area contributed by atoms with Crippen molar-refractivity contribution in [3.05, 3.63) is 45.9 Å². The zero-order valence-electron chi connectivity index (χ0n) is 11.2. The summed E-state index contributed by atoms with van der Waals surface area (Å²) in [6.07, 6.45) is 0. The number of esters is 1. The number of ether oxygens (including phenoxy) is 1. The summed E-state index contributed by atoms with van der Waals surface area (Å²) in [5.41, 5.74) is 0.997. The monoisotopic (exact) mass is 323 g/mol. The van der Waals surface area contributed by atoms with Gasteiger partial charge in [0, 0.05) is 16.0 Å². The van der Waals surface area contributed by atoms with Crippen LogP contribution in [0.5, 0.6) is 0 Å². The maximum atomic E-state index is 11.5. The molecule has 0 aliphatic carbocycles. The molecule has 0 fully saturated rings. The zero-order valence-corrected chi connectivity index (χ0v) is 12.9. The third-order valence-corrected chi connectivity index (χ3v) is 4.47. The van der Waals surface area contributed by atoms with Crippen molar-refractivity contribution in [2.45, 2.75) is 17.6 Å². The third-order valence-electron chi connectivity index (χ3n) is 2.49. The van der Waals surface area contributed by atoms with Crippen LogP contribution < -0.4 is 0 Å². The minimum absolute atomic E-state index is 0.267. The number of carboxylic acid groups (broad SMARTS) is 1. The van der Waals surface area contributed by atoms with E-state index in [0.717, 1.165) is 5.69 Å². The van der Waals surface area contributed by atoms with Gasteiger partial charge < -0.3 is 9.84 Å². The molecule has 110 valence electrons. The molecule has 0 bridgehead atoms. The van der Waals surface area contributed by atoms with E-state index < -0.39 is 11.9 Å². The zero-order chi connectivity index (χ0) is 15.2. The van der Waals surface area contributed by atoms with Crippen molar-refractivity contribution in [2.24, 2.45) is 0 Å². The fraction of sp³-hybridized carbons (Fsp3) is 0.214. The quantitative estimate of drug-likeness (QED) is 0.649. The summed E-state index contributed by atoms with van der Waals surface area (Å²) in [6, 6.07) is 6.80. The molecule has 21 heavy (non-hydrogen) atoms. The van der Waals surface area contributed by atoms with E-state index in [1.807, 2.05) is 0 Å². The van der Waals surface area contributed by atoms with E-state index in [0.29, 0.717) is 22.3 Å². The van der Waals surface area contributed by atoms with Crippen molar-refractivity contribution in [3.8, 4) is 0 Å². The molecular formula is C14H13NO4S2. The van der Waals surface area contributed by atoms with Crippen LogP contribution in [-0.2, 0) is 10.5 Å². The summed E-state index contributed by atoms with van der Waals surface area (Å²) < 4.78 is 4.88. The molecule has 2 rings (SSSR count). The molecule has 0 amide bonds. The number of thiazole rings is 1. The fourth-order valence-corrected chi connectivity index (χ4v) is 3.33. The van der Waals surface area contributed by atoms with E-state index in [-0.39, 0.29) is 5.56 Å². The van der Waals surface area contributed by atoms with Gasteiger partial charge in [-0.15, -0.1) is 23.1 Å². The van der Waals surface area contributed by atoms with E-state index in [1.54, 1.807) is 36.6 Å². The van der Waals surface area contributed by atoms with Crippen LogP contribution in [0.15, 0.2) is 34.5 Å². The average molecular weight is 323 g/mol. The number of carbonyl (C=O) groups is 2. The predicted molar refractivity (Wildman–Crippen MR) is 81.0 cm³/mol. The first-order chi connectivity index (χ1) is 10.1. The number of aromatic carboxylic acids is 1. The minimum atomic E-state index is -0.955. The van der Waals surface area contributed by atoms with Crippen LogP contribution in [0.4, 0.5) is 0 Å². The molecule has 5 nitrogen and oxygen atoms in total. The van der Waals surface area contributed by atoms with Crippen molar-refractivity contribution >= 4 is 35.0 Å². The van der Waals surface area contributed by atoms with E-state index in [4.69, 9.17) is 9.84 Å². The van der Waals surface area contributed by atoms with Gasteiger partial charge in [-0.2, -0.15) is 0 Å². The van der Waals surface area contributed by atoms with Crippen LogP contribution >= 0.6 is 23.1 Å². The van der Waals surface area contributed by atoms with E-state index in [9.17, 15) is 9.59 Å². The Hall–Kier alpha value is -1.86. The standard InChI is InChI=1S/C14H13NO4S2/c1-2-19-14(18)12-15-9(8-21-12)7-20-11-6-4-3-5-10(11)13(16)17/h3-6,8H,2,7H2,1H3,(H,16,17). The van der Waals surface area contributed by atoms with Gasteiger partial charge in [-0.3, -0.25) is 0 Å². The Morgan fingerprint density at radius 2 is 2.14 bits per heavy atom. The predicted octanol–water partition coefficient (Wildman–Crippen LogP) is 3.31. The number of thioether (sulfide) groups is 1. The lowest BCUT2D eigenvalue weighted by Crippen LogP contribution is -2.04. The van der Waals surface area contributed by atoms with Gasteiger partial charge >= 0.3 is 11.9 Å². The van der Waals surface area contributed by atoms with Gasteiger partial charge in [-0.05, 0) is 19.1 Å². The van der Waals surface area contributed by atoms with Crippen molar-refractivity contribution in [1.82, 2.24) is 4.98 Å². The molecule has 2 aromatic rings. The molecule has 0 aliphatic heterocycles. The summed E-state index contributed by atoms with van der Waals surface area (Å²) in [4.78, 5) is 27.5. The number of rotatable bonds is 6. The van der Waals surface area contributed by atoms with E-state index in [2.05, 4.69) is 4.98 Å². The first-order valence-corrected chi connectivity index (χ1v) is 8.05. The Kier molecular flexibility index (Phi) is 5.35. The molecule has 0 saturated heterocycles. The van der Waals surface area contributed by atoms with Gasteiger partial charge in [-0.1, -0.05) is 12.1 Å². The highest BCUT2D eigenvalue weighted by Gasteiger charge is 2.13. The second-order valence-corrected chi connectivity index (χ2v) is 5.83. The molecule has 0 atom stereocenters. The lowest BCUT2D eigenvalue weighted by Gasteiger charge is -2.03. The summed E-state index contributed by atoms with van der Waals surface area (Å²) in [5, 5.41) is 11.2. The first kappa shape index (κ1) is 15.5. The molecule has 1 heterocycles. The van der Waals surface area contributed by atoms with Crippen molar-refractivity contribution < 1.29 is 19.4 Å². The Labute approximate surface area is 130 Å². The molecule has 0 unspecified atom stereocenters. The van der Waals surface area contributed by atoms with Gasteiger partial charge in [0.1, 0.15) is 0 Å². The maximum Gasteiger partial charge on any atom is 0.367 e. The Morgan fingerprint density at radius 1 is 1.38 bits per heavy atom. The maximum absolute atomic E-state index is 11.5. The second-order valence-electron chi connectivity index (χ2n) is 3.95. The van der Waals surface area contributed by atoms with Crippen molar-refractivity contribution in [2.75, 3.05) is 6.61 Å². The van der Waals surface area contributed by atoms with Gasteiger partial charge in [0.25, 0.3) is 0 Å². The Morgan fingerprint density at radius 3 is 2.86 bits per heavy atom. The van der Waals surface area contributed by atoms with Crippen LogP contribution in [0.2, 0.25) is 0 Å². The summed E-state index contributed by atoms with van der Waals surface area (Å²) in [6.45, 7) is 2.06. The van der Waals surface area contributed by atoms with Gasteiger partial charge in [0.05, 0.1) is 17.9 Å². The van der Waals surface area contributed by atoms with Crippen LogP contribution in [0.3, 0.4) is 0 Å². The number of aromatic nitrogens is 1. The molecule has 0 radical (unpaired) electrons. The van der Waals surface area contributed by atoms with Crippen LogP contribution in [0, 0.1) is 0 Å². The summed E-state index contributed by atoms with van der Waals surface area (Å²) in [5.74, 6) is -0.881. The largest absolute Gasteiger partial charge is 0.478 e. The highest BCUT2D eigenvalue weighted by molar-refractivity contribution is 7.98. The summed E-state index contributed by atoms with van der Waals surface area (Å²) >= 11 is 2.61. The number of carbonyl (C=O) groups excluding carboxylic acids is 1. The normalized spacial score (nSPS) is 10.3. The molecular weight excluding hydrogens is 310 g/mol. The fourth-order valence-electron chi connectivity index (χ4n) is 1.58. The number of hydrogen-bond acceptors (Lipinski definition) is 6. The number of hydrogen-bond donors (Lipinski definition) is 1. The Bertz CT molecular complexity index is 654. The minimum Gasteiger partial charge on any atom is -0.478 e. The van der Waals surface area contributed by atoms with Crippen LogP contribution in [0.1, 0.15) is 32.8 Å². The Balaban J connectivity index is 2.04. The number of carboxylic acids is 1. The lowest BCUT2D eigenvalue weighted by atomic mass is 10.2. The topological polar surface area (TPSA) is 76.5 Å². The highest BCUT2D eigenvalue weighted by Crippen LogP contribution is 2.27. The second kappa shape index (κ2) is 7.24. The molecule has 1 N–H and O–H groups in total. The highest BCUT2D eigenvalue weighted by atomic mass is 32.2. The van der Waals surface area contributed by atoms with Gasteiger partial charge in [0.2, 0.25) is 5.01 Å². The number of benzene rings is 1. The molecule has 7 heteroatoms. The SMILES string of the molecule is CCOC(=O)c1nc(CSc2ccccc2C(=O)O)cs1. The average Bonchev–Trinajstić information content (AvgIpc) is 2.94. The smallest absolute Gasteiger partial charge is 0.367 e. The lowest BCUT2D eigenvalue weighted by molar-refractivity contribution is 0.0525. The van der Waals surface area contributed by atoms with Crippen molar-refractivity contribution in [3.63, 3.8) is 0 Å². The molecule has 0 saturated carbocycles.